The predicted molar refractivity (Wildman–Crippen MR) is 67.0 cm³/mol. The van der Waals surface area contributed by atoms with E-state index in [2.05, 4.69) is 6.92 Å². The second-order valence-electron chi connectivity index (χ2n) is 4.47. The van der Waals surface area contributed by atoms with Crippen molar-refractivity contribution in [1.29, 1.82) is 0 Å². The Hall–Kier alpha value is -1.64. The average molecular weight is 231 g/mol. The minimum atomic E-state index is -0.0868. The first kappa shape index (κ1) is 11.8. The van der Waals surface area contributed by atoms with Gasteiger partial charge in [0.15, 0.2) is 5.78 Å². The summed E-state index contributed by atoms with van der Waals surface area (Å²) in [6.45, 7) is 2.40. The first-order chi connectivity index (χ1) is 8.20. The number of amides is 1. The minimum absolute atomic E-state index is 0.00468. The second-order valence-corrected chi connectivity index (χ2v) is 4.47. The number of anilines is 1. The van der Waals surface area contributed by atoms with Crippen LogP contribution in [0.5, 0.6) is 0 Å². The second kappa shape index (κ2) is 5.13. The van der Waals surface area contributed by atoms with Gasteiger partial charge in [0, 0.05) is 5.69 Å². The van der Waals surface area contributed by atoms with Crippen molar-refractivity contribution in [3.8, 4) is 0 Å². The van der Waals surface area contributed by atoms with E-state index in [1.54, 1.807) is 4.90 Å². The molecule has 0 bridgehead atoms. The van der Waals surface area contributed by atoms with Crippen molar-refractivity contribution >= 4 is 17.4 Å². The number of carbonyl (C=O) groups excluding carboxylic acids is 2. The Bertz CT molecular complexity index is 422. The smallest absolute Gasteiger partial charge is 0.234 e. The zero-order valence-corrected chi connectivity index (χ0v) is 10.1. The number of hydrogen-bond donors (Lipinski definition) is 0. The van der Waals surface area contributed by atoms with Crippen LogP contribution in [0.15, 0.2) is 24.3 Å². The van der Waals surface area contributed by atoms with Gasteiger partial charge >= 0.3 is 0 Å². The van der Waals surface area contributed by atoms with E-state index in [1.165, 1.54) is 18.4 Å². The van der Waals surface area contributed by atoms with Gasteiger partial charge in [0.25, 0.3) is 0 Å². The number of ketones is 1. The van der Waals surface area contributed by atoms with Crippen LogP contribution in [0.1, 0.15) is 31.7 Å². The van der Waals surface area contributed by atoms with E-state index in [4.69, 9.17) is 0 Å². The van der Waals surface area contributed by atoms with Gasteiger partial charge in [-0.15, -0.1) is 0 Å². The molecule has 2 rings (SSSR count). The number of carbonyl (C=O) groups is 2. The van der Waals surface area contributed by atoms with Crippen molar-refractivity contribution in [1.82, 2.24) is 0 Å². The van der Waals surface area contributed by atoms with E-state index >= 15 is 0 Å². The van der Waals surface area contributed by atoms with Crippen LogP contribution < -0.4 is 4.90 Å². The molecule has 3 nitrogen and oxygen atoms in total. The molecule has 0 atom stereocenters. The first-order valence-electron chi connectivity index (χ1n) is 6.11. The lowest BCUT2D eigenvalue weighted by Gasteiger charge is -2.14. The third-order valence-electron chi connectivity index (χ3n) is 3.05. The lowest BCUT2D eigenvalue weighted by Crippen LogP contribution is -2.24. The molecular formula is C14H17NO2. The lowest BCUT2D eigenvalue weighted by atomic mass is 10.1. The SMILES string of the molecule is CCCCc1ccc(N2CC(=O)CC2=O)cc1. The first-order valence-corrected chi connectivity index (χ1v) is 6.11. The van der Waals surface area contributed by atoms with Gasteiger partial charge < -0.3 is 4.90 Å². The largest absolute Gasteiger partial charge is 0.305 e. The van der Waals surface area contributed by atoms with Crippen molar-refractivity contribution in [2.45, 2.75) is 32.6 Å². The number of benzene rings is 1. The maximum absolute atomic E-state index is 11.5. The maximum atomic E-state index is 11.5. The van der Waals surface area contributed by atoms with Crippen molar-refractivity contribution in [3.63, 3.8) is 0 Å². The highest BCUT2D eigenvalue weighted by Gasteiger charge is 2.28. The summed E-state index contributed by atoms with van der Waals surface area (Å²) in [6.07, 6.45) is 3.49. The summed E-state index contributed by atoms with van der Waals surface area (Å²) in [7, 11) is 0. The Balaban J connectivity index is 2.07. The zero-order valence-electron chi connectivity index (χ0n) is 10.1. The normalized spacial score (nSPS) is 15.7. The molecular weight excluding hydrogens is 214 g/mol. The summed E-state index contributed by atoms with van der Waals surface area (Å²) < 4.78 is 0. The number of hydrogen-bond acceptors (Lipinski definition) is 2. The molecule has 0 N–H and O–H groups in total. The van der Waals surface area contributed by atoms with Crippen LogP contribution in [0.4, 0.5) is 5.69 Å². The third-order valence-corrected chi connectivity index (χ3v) is 3.05. The molecule has 0 aliphatic carbocycles. The molecule has 1 saturated heterocycles. The summed E-state index contributed by atoms with van der Waals surface area (Å²) in [4.78, 5) is 24.3. The Morgan fingerprint density at radius 1 is 1.18 bits per heavy atom. The van der Waals surface area contributed by atoms with Gasteiger partial charge in [-0.25, -0.2) is 0 Å². The van der Waals surface area contributed by atoms with Gasteiger partial charge in [0.2, 0.25) is 5.91 Å². The Morgan fingerprint density at radius 2 is 1.88 bits per heavy atom. The van der Waals surface area contributed by atoms with Gasteiger partial charge in [0.05, 0.1) is 13.0 Å². The molecule has 1 aromatic carbocycles. The van der Waals surface area contributed by atoms with E-state index in [1.807, 2.05) is 24.3 Å². The topological polar surface area (TPSA) is 37.4 Å². The Morgan fingerprint density at radius 3 is 2.41 bits per heavy atom. The molecule has 1 aliphatic heterocycles. The van der Waals surface area contributed by atoms with Crippen LogP contribution in [0.2, 0.25) is 0 Å². The number of nitrogens with zero attached hydrogens (tertiary/aromatic N) is 1. The van der Waals surface area contributed by atoms with Crippen molar-refractivity contribution < 1.29 is 9.59 Å². The molecule has 1 heterocycles. The quantitative estimate of drug-likeness (QED) is 0.746. The molecule has 0 unspecified atom stereocenters. The lowest BCUT2D eigenvalue weighted by molar-refractivity contribution is -0.121. The molecule has 0 radical (unpaired) electrons. The highest BCUT2D eigenvalue weighted by Crippen LogP contribution is 2.20. The summed E-state index contributed by atoms with van der Waals surface area (Å²) >= 11 is 0. The molecule has 1 aromatic rings. The predicted octanol–water partition coefficient (Wildman–Crippen LogP) is 2.33. The summed E-state index contributed by atoms with van der Waals surface area (Å²) in [5.41, 5.74) is 2.12. The van der Waals surface area contributed by atoms with Crippen LogP contribution >= 0.6 is 0 Å². The van der Waals surface area contributed by atoms with Gasteiger partial charge in [0.1, 0.15) is 0 Å². The molecule has 0 saturated carbocycles. The summed E-state index contributed by atoms with van der Waals surface area (Å²) in [5, 5.41) is 0. The standard InChI is InChI=1S/C14H17NO2/c1-2-3-4-11-5-7-12(8-6-11)15-10-13(16)9-14(15)17/h5-8H,2-4,9-10H2,1H3. The fourth-order valence-corrected chi connectivity index (χ4v) is 2.04. The number of Topliss-reactive ketones (excluding diaryl/α,β-unsaturated/α-hetero) is 1. The fourth-order valence-electron chi connectivity index (χ4n) is 2.04. The van der Waals surface area contributed by atoms with Crippen LogP contribution in [0.25, 0.3) is 0 Å². The van der Waals surface area contributed by atoms with E-state index in [-0.39, 0.29) is 24.7 Å². The van der Waals surface area contributed by atoms with Crippen LogP contribution in [0, 0.1) is 0 Å². The molecule has 1 amide bonds. The highest BCUT2D eigenvalue weighted by atomic mass is 16.2. The zero-order chi connectivity index (χ0) is 12.3. The van der Waals surface area contributed by atoms with Gasteiger partial charge in [-0.1, -0.05) is 25.5 Å². The summed E-state index contributed by atoms with van der Waals surface area (Å²) in [5.74, 6) is -0.0821. The molecule has 90 valence electrons. The highest BCUT2D eigenvalue weighted by molar-refractivity contribution is 6.14. The van der Waals surface area contributed by atoms with Gasteiger partial charge in [-0.2, -0.15) is 0 Å². The van der Waals surface area contributed by atoms with E-state index in [0.717, 1.165) is 12.1 Å². The molecule has 1 aliphatic rings. The van der Waals surface area contributed by atoms with Crippen LogP contribution in [-0.2, 0) is 16.0 Å². The van der Waals surface area contributed by atoms with Crippen molar-refractivity contribution in [2.24, 2.45) is 0 Å². The van der Waals surface area contributed by atoms with E-state index in [9.17, 15) is 9.59 Å². The van der Waals surface area contributed by atoms with Crippen LogP contribution in [-0.4, -0.2) is 18.2 Å². The maximum Gasteiger partial charge on any atom is 0.234 e. The van der Waals surface area contributed by atoms with Crippen molar-refractivity contribution in [2.75, 3.05) is 11.4 Å². The van der Waals surface area contributed by atoms with E-state index in [0.29, 0.717) is 0 Å². The fraction of sp³-hybridized carbons (Fsp3) is 0.429. The number of unbranched alkanes of at least 4 members (excludes halogenated alkanes) is 1. The average Bonchev–Trinajstić information content (AvgIpc) is 2.66. The monoisotopic (exact) mass is 231 g/mol. The molecule has 1 fully saturated rings. The number of aryl methyl sites for hydroxylation is 1. The third kappa shape index (κ3) is 2.73. The Kier molecular flexibility index (Phi) is 3.57. The molecule has 0 aromatic heterocycles. The Labute approximate surface area is 101 Å². The molecule has 0 spiro atoms. The molecule has 3 heteroatoms. The van der Waals surface area contributed by atoms with E-state index < -0.39 is 0 Å². The van der Waals surface area contributed by atoms with Gasteiger partial charge in [-0.05, 0) is 30.5 Å². The number of rotatable bonds is 4. The van der Waals surface area contributed by atoms with Gasteiger partial charge in [-0.3, -0.25) is 9.59 Å². The van der Waals surface area contributed by atoms with Crippen molar-refractivity contribution in [3.05, 3.63) is 29.8 Å². The summed E-state index contributed by atoms with van der Waals surface area (Å²) in [6, 6.07) is 7.95. The minimum Gasteiger partial charge on any atom is -0.305 e. The van der Waals surface area contributed by atoms with Crippen LogP contribution in [0.3, 0.4) is 0 Å². The molecule has 17 heavy (non-hydrogen) atoms.